The van der Waals surface area contributed by atoms with Gasteiger partial charge in [-0.25, -0.2) is 0 Å². The van der Waals surface area contributed by atoms with E-state index in [-0.39, 0.29) is 17.0 Å². The average molecular weight is 412 g/mol. The first kappa shape index (κ1) is 18.9. The fourth-order valence-electron chi connectivity index (χ4n) is 2.62. The molecule has 3 nitrogen and oxygen atoms in total. The molecule has 0 unspecified atom stereocenters. The Morgan fingerprint density at radius 3 is 2.48 bits per heavy atom. The molecule has 2 aromatic carbocycles. The van der Waals surface area contributed by atoms with Gasteiger partial charge in [-0.15, -0.1) is 6.42 Å². The quantitative estimate of drug-likeness (QED) is 0.380. The van der Waals surface area contributed by atoms with Gasteiger partial charge in [0, 0.05) is 35.8 Å². The van der Waals surface area contributed by atoms with Crippen LogP contribution in [0.5, 0.6) is 0 Å². The molecule has 1 heterocycles. The molecule has 0 aliphatic rings. The van der Waals surface area contributed by atoms with E-state index in [1.54, 1.807) is 0 Å². The predicted molar refractivity (Wildman–Crippen MR) is 104 cm³/mol. The molecule has 25 heavy (non-hydrogen) atoms. The number of aromatic nitrogens is 1. The normalized spacial score (nSPS) is 9.76. The van der Waals surface area contributed by atoms with Crippen LogP contribution in [0.4, 0.5) is 11.4 Å². The molecule has 5 heteroatoms. The molecule has 126 valence electrons. The van der Waals surface area contributed by atoms with Gasteiger partial charge in [0.15, 0.2) is 10.8 Å². The van der Waals surface area contributed by atoms with Crippen molar-refractivity contribution in [2.75, 3.05) is 10.6 Å². The third kappa shape index (κ3) is 4.56. The molecular formula is C20H18BrN3S. The van der Waals surface area contributed by atoms with Crippen LogP contribution in [0.2, 0.25) is 0 Å². The summed E-state index contributed by atoms with van der Waals surface area (Å²) in [7, 11) is 0. The molecule has 0 aliphatic heterocycles. The van der Waals surface area contributed by atoms with Gasteiger partial charge in [0.05, 0.1) is 0 Å². The van der Waals surface area contributed by atoms with Crippen LogP contribution in [0.1, 0.15) is 5.69 Å². The average Bonchev–Trinajstić information content (AvgIpc) is 2.58. The van der Waals surface area contributed by atoms with Gasteiger partial charge in [0.1, 0.15) is 0 Å². The minimum Gasteiger partial charge on any atom is -1.00 e. The summed E-state index contributed by atoms with van der Waals surface area (Å²) in [6, 6.07) is 20.2. The SMILES string of the molecule is C#CC[n+]1c(C)ccc2cc(NC(=S)Nc3ccccc3)ccc21.[Br-]. The fraction of sp³-hybridized carbons (Fsp3) is 0.100. The highest BCUT2D eigenvalue weighted by molar-refractivity contribution is 7.80. The molecule has 0 bridgehead atoms. The number of para-hydroxylation sites is 1. The van der Waals surface area contributed by atoms with Gasteiger partial charge in [-0.05, 0) is 48.5 Å². The third-order valence-electron chi connectivity index (χ3n) is 3.79. The van der Waals surface area contributed by atoms with Crippen LogP contribution < -0.4 is 32.2 Å². The Balaban J connectivity index is 0.00000225. The summed E-state index contributed by atoms with van der Waals surface area (Å²) in [4.78, 5) is 0. The number of fused-ring (bicyclic) bond motifs is 1. The minimum atomic E-state index is 0. The zero-order valence-electron chi connectivity index (χ0n) is 13.8. The number of pyridine rings is 1. The second kappa shape index (κ2) is 8.61. The van der Waals surface area contributed by atoms with E-state index in [2.05, 4.69) is 52.3 Å². The number of halogens is 1. The first-order valence-corrected chi connectivity index (χ1v) is 8.08. The van der Waals surface area contributed by atoms with Crippen molar-refractivity contribution in [3.05, 3.63) is 66.4 Å². The van der Waals surface area contributed by atoms with Crippen LogP contribution in [-0.4, -0.2) is 5.11 Å². The van der Waals surface area contributed by atoms with Crippen molar-refractivity contribution >= 4 is 39.6 Å². The van der Waals surface area contributed by atoms with Crippen LogP contribution in [0.3, 0.4) is 0 Å². The number of aryl methyl sites for hydroxylation is 1. The Labute approximate surface area is 163 Å². The molecule has 0 aliphatic carbocycles. The zero-order valence-corrected chi connectivity index (χ0v) is 16.2. The van der Waals surface area contributed by atoms with Crippen molar-refractivity contribution in [3.63, 3.8) is 0 Å². The van der Waals surface area contributed by atoms with E-state index in [0.29, 0.717) is 11.7 Å². The lowest BCUT2D eigenvalue weighted by molar-refractivity contribution is -0.664. The lowest BCUT2D eigenvalue weighted by atomic mass is 10.1. The Kier molecular flexibility index (Phi) is 6.51. The van der Waals surface area contributed by atoms with E-state index >= 15 is 0 Å². The number of benzene rings is 2. The first-order valence-electron chi connectivity index (χ1n) is 7.67. The number of anilines is 2. The maximum Gasteiger partial charge on any atom is 0.213 e. The molecule has 0 spiro atoms. The topological polar surface area (TPSA) is 27.9 Å². The second-order valence-electron chi connectivity index (χ2n) is 5.48. The van der Waals surface area contributed by atoms with E-state index in [1.165, 1.54) is 0 Å². The number of hydrogen-bond donors (Lipinski definition) is 2. The summed E-state index contributed by atoms with van der Waals surface area (Å²) in [5.41, 5.74) is 4.15. The van der Waals surface area contributed by atoms with E-state index in [9.17, 15) is 0 Å². The van der Waals surface area contributed by atoms with Crippen molar-refractivity contribution in [3.8, 4) is 12.3 Å². The van der Waals surface area contributed by atoms with Gasteiger partial charge in [0.25, 0.3) is 0 Å². The number of terminal acetylenes is 1. The molecule has 2 N–H and O–H groups in total. The first-order chi connectivity index (χ1) is 11.7. The van der Waals surface area contributed by atoms with Crippen molar-refractivity contribution in [2.45, 2.75) is 13.5 Å². The van der Waals surface area contributed by atoms with Crippen LogP contribution in [-0.2, 0) is 6.54 Å². The molecule has 0 amide bonds. The number of rotatable bonds is 3. The molecule has 0 radical (unpaired) electrons. The fourth-order valence-corrected chi connectivity index (χ4v) is 2.85. The lowest BCUT2D eigenvalue weighted by Gasteiger charge is -2.11. The van der Waals surface area contributed by atoms with Crippen molar-refractivity contribution in [2.24, 2.45) is 0 Å². The van der Waals surface area contributed by atoms with E-state index < -0.39 is 0 Å². The van der Waals surface area contributed by atoms with Crippen LogP contribution >= 0.6 is 12.2 Å². The molecule has 0 fully saturated rings. The number of nitrogens with one attached hydrogen (secondary N) is 2. The Bertz CT molecular complexity index is 933. The number of hydrogen-bond acceptors (Lipinski definition) is 1. The van der Waals surface area contributed by atoms with Crippen molar-refractivity contribution < 1.29 is 21.5 Å². The maximum atomic E-state index is 5.48. The smallest absolute Gasteiger partial charge is 0.213 e. The predicted octanol–water partition coefficient (Wildman–Crippen LogP) is 0.882. The largest absolute Gasteiger partial charge is 1.00 e. The highest BCUT2D eigenvalue weighted by Crippen LogP contribution is 2.18. The summed E-state index contributed by atoms with van der Waals surface area (Å²) in [6.45, 7) is 2.62. The summed E-state index contributed by atoms with van der Waals surface area (Å²) in [6.07, 6.45) is 5.48. The number of thiocarbonyl (C=S) groups is 1. The van der Waals surface area contributed by atoms with Crippen LogP contribution in [0, 0.1) is 19.3 Å². The summed E-state index contributed by atoms with van der Waals surface area (Å²) in [5, 5.41) is 8.06. The van der Waals surface area contributed by atoms with Gasteiger partial charge in [-0.2, -0.15) is 4.57 Å². The highest BCUT2D eigenvalue weighted by atomic mass is 79.9. The van der Waals surface area contributed by atoms with Gasteiger partial charge in [-0.1, -0.05) is 18.2 Å². The lowest BCUT2D eigenvalue weighted by Crippen LogP contribution is -3.00. The monoisotopic (exact) mass is 411 g/mol. The molecule has 3 aromatic rings. The Morgan fingerprint density at radius 2 is 1.76 bits per heavy atom. The van der Waals surface area contributed by atoms with E-state index in [0.717, 1.165) is 28.0 Å². The molecule has 0 saturated carbocycles. The molecule has 0 saturated heterocycles. The summed E-state index contributed by atoms with van der Waals surface area (Å²) >= 11 is 5.37. The standard InChI is InChI=1S/C20H17N3S.BrH/c1-3-13-23-15(2)9-10-16-14-18(11-12-19(16)23)22-20(24)21-17-7-5-4-6-8-17;/h1,4-12,14H,13H2,2H3,(H-,21,22,24);1H. The van der Waals surface area contributed by atoms with Gasteiger partial charge >= 0.3 is 0 Å². The Morgan fingerprint density at radius 1 is 1.04 bits per heavy atom. The number of nitrogens with zero attached hydrogens (tertiary/aromatic N) is 1. The van der Waals surface area contributed by atoms with Crippen LogP contribution in [0.15, 0.2) is 60.7 Å². The third-order valence-corrected chi connectivity index (χ3v) is 3.99. The summed E-state index contributed by atoms with van der Waals surface area (Å²) in [5.74, 6) is 2.71. The van der Waals surface area contributed by atoms with Gasteiger partial charge in [0.2, 0.25) is 12.1 Å². The molecule has 3 rings (SSSR count). The molecule has 0 atom stereocenters. The molecular weight excluding hydrogens is 394 g/mol. The van der Waals surface area contributed by atoms with Gasteiger partial charge < -0.3 is 27.6 Å². The van der Waals surface area contributed by atoms with E-state index in [1.807, 2.05) is 36.4 Å². The van der Waals surface area contributed by atoms with Gasteiger partial charge in [-0.3, -0.25) is 0 Å². The Hall–Kier alpha value is -2.42. The maximum absolute atomic E-state index is 5.48. The summed E-state index contributed by atoms with van der Waals surface area (Å²) < 4.78 is 2.12. The minimum absolute atomic E-state index is 0. The van der Waals surface area contributed by atoms with E-state index in [4.69, 9.17) is 18.6 Å². The zero-order chi connectivity index (χ0) is 16.9. The second-order valence-corrected chi connectivity index (χ2v) is 5.89. The molecule has 1 aromatic heterocycles. The van der Waals surface area contributed by atoms with Crippen molar-refractivity contribution in [1.29, 1.82) is 0 Å². The van der Waals surface area contributed by atoms with Crippen LogP contribution in [0.25, 0.3) is 10.9 Å². The highest BCUT2D eigenvalue weighted by Gasteiger charge is 2.12. The van der Waals surface area contributed by atoms with Crippen molar-refractivity contribution in [1.82, 2.24) is 0 Å².